The molecule has 1 atom stereocenters. The number of carboxylic acids is 1. The fraction of sp³-hybridized carbons (Fsp3) is 0.400. The lowest BCUT2D eigenvalue weighted by molar-refractivity contribution is -0.143. The zero-order valence-corrected chi connectivity index (χ0v) is 18.4. The van der Waals surface area contributed by atoms with Gasteiger partial charge in [0.2, 0.25) is 0 Å². The summed E-state index contributed by atoms with van der Waals surface area (Å²) in [6.45, 7) is 2.28. The van der Waals surface area contributed by atoms with Gasteiger partial charge in [-0.15, -0.1) is 0 Å². The molecule has 3 aromatic rings. The summed E-state index contributed by atoms with van der Waals surface area (Å²) in [7, 11) is 0. The van der Waals surface area contributed by atoms with Crippen LogP contribution in [-0.4, -0.2) is 57.2 Å². The number of carbonyl (C=O) groups is 1. The molecule has 0 bridgehead atoms. The summed E-state index contributed by atoms with van der Waals surface area (Å²) < 4.78 is 0. The van der Waals surface area contributed by atoms with Gasteiger partial charge in [-0.3, -0.25) is 9.69 Å². The highest BCUT2D eigenvalue weighted by molar-refractivity contribution is 5.89. The van der Waals surface area contributed by atoms with Crippen LogP contribution >= 0.6 is 0 Å². The van der Waals surface area contributed by atoms with Gasteiger partial charge in [0.05, 0.1) is 12.2 Å². The number of nitriles is 1. The van der Waals surface area contributed by atoms with E-state index in [0.29, 0.717) is 31.7 Å². The molecular formula is C25H27N5O3. The second kappa shape index (κ2) is 8.85. The van der Waals surface area contributed by atoms with Crippen LogP contribution in [0.5, 0.6) is 0 Å². The molecule has 5 rings (SSSR count). The van der Waals surface area contributed by atoms with E-state index in [0.717, 1.165) is 59.2 Å². The number of hydrogen-bond donors (Lipinski definition) is 3. The molecule has 1 saturated heterocycles. The lowest BCUT2D eigenvalue weighted by atomic mass is 9.94. The lowest BCUT2D eigenvalue weighted by Gasteiger charge is -2.38. The van der Waals surface area contributed by atoms with Crippen LogP contribution < -0.4 is 4.90 Å². The number of anilines is 1. The lowest BCUT2D eigenvalue weighted by Crippen LogP contribution is -2.49. The zero-order valence-electron chi connectivity index (χ0n) is 18.4. The minimum atomic E-state index is -0.889. The fourth-order valence-electron chi connectivity index (χ4n) is 5.14. The number of aromatic nitrogens is 2. The molecule has 170 valence electrons. The molecule has 0 spiro atoms. The molecule has 0 radical (unpaired) electrons. The minimum Gasteiger partial charge on any atom is -0.480 e. The van der Waals surface area contributed by atoms with Crippen LogP contribution in [-0.2, 0) is 24.2 Å². The van der Waals surface area contributed by atoms with E-state index in [1.165, 1.54) is 5.56 Å². The SMILES string of the molecule is N#Cc1cc2c(nc1N1CCN([C@H](C(=O)O)c3c[nH]c4cc(CO)ccc34)CC1)CCCC2. The van der Waals surface area contributed by atoms with Crippen molar-refractivity contribution in [2.75, 3.05) is 31.1 Å². The Morgan fingerprint density at radius 2 is 1.97 bits per heavy atom. The minimum absolute atomic E-state index is 0.0595. The first-order valence-electron chi connectivity index (χ1n) is 11.4. The average molecular weight is 446 g/mol. The Labute approximate surface area is 192 Å². The number of piperazine rings is 1. The largest absolute Gasteiger partial charge is 0.480 e. The number of aryl methyl sites for hydroxylation is 2. The topological polar surface area (TPSA) is 116 Å². The Kier molecular flexibility index (Phi) is 5.75. The monoisotopic (exact) mass is 445 g/mol. The summed E-state index contributed by atoms with van der Waals surface area (Å²) in [4.78, 5) is 24.4. The van der Waals surface area contributed by atoms with E-state index >= 15 is 0 Å². The molecule has 0 saturated carbocycles. The number of H-pyrrole nitrogens is 1. The number of aliphatic carboxylic acids is 1. The first-order valence-corrected chi connectivity index (χ1v) is 11.4. The molecule has 1 fully saturated rings. The first-order chi connectivity index (χ1) is 16.1. The standard InChI is InChI=1S/C25H27N5O3/c26-13-18-12-17-3-1-2-4-21(17)28-24(18)30-9-7-29(8-10-30)23(25(32)33)20-14-27-22-11-16(15-31)5-6-19(20)22/h5-6,11-12,14,23,27,31H,1-4,7-10,15H2,(H,32,33)/t23-/m0/s1. The van der Waals surface area contributed by atoms with E-state index in [1.807, 2.05) is 29.2 Å². The number of pyridine rings is 1. The number of carboxylic acid groups (broad SMARTS) is 1. The van der Waals surface area contributed by atoms with E-state index in [9.17, 15) is 20.3 Å². The van der Waals surface area contributed by atoms with E-state index in [4.69, 9.17) is 4.98 Å². The third-order valence-corrected chi connectivity index (χ3v) is 6.87. The fourth-order valence-corrected chi connectivity index (χ4v) is 5.14. The van der Waals surface area contributed by atoms with Gasteiger partial charge in [-0.05, 0) is 48.9 Å². The van der Waals surface area contributed by atoms with Gasteiger partial charge in [0.25, 0.3) is 0 Å². The van der Waals surface area contributed by atoms with Gasteiger partial charge >= 0.3 is 5.97 Å². The maximum Gasteiger partial charge on any atom is 0.325 e. The van der Waals surface area contributed by atoms with Crippen LogP contribution in [0.25, 0.3) is 10.9 Å². The number of benzene rings is 1. The quantitative estimate of drug-likeness (QED) is 0.553. The van der Waals surface area contributed by atoms with Crippen molar-refractivity contribution in [3.63, 3.8) is 0 Å². The normalized spacial score (nSPS) is 17.5. The van der Waals surface area contributed by atoms with Crippen molar-refractivity contribution in [1.82, 2.24) is 14.9 Å². The summed E-state index contributed by atoms with van der Waals surface area (Å²) in [5.41, 5.74) is 5.22. The van der Waals surface area contributed by atoms with Crippen LogP contribution in [0.3, 0.4) is 0 Å². The van der Waals surface area contributed by atoms with Crippen LogP contribution in [0.4, 0.5) is 5.82 Å². The van der Waals surface area contributed by atoms with Crippen molar-refractivity contribution in [2.24, 2.45) is 0 Å². The molecule has 1 aromatic carbocycles. The number of nitrogens with zero attached hydrogens (tertiary/aromatic N) is 4. The Balaban J connectivity index is 1.38. The molecule has 3 N–H and O–H groups in total. The predicted molar refractivity (Wildman–Crippen MR) is 124 cm³/mol. The van der Waals surface area contributed by atoms with Crippen molar-refractivity contribution in [1.29, 1.82) is 5.26 Å². The molecule has 8 heteroatoms. The molecule has 0 unspecified atom stereocenters. The average Bonchev–Trinajstić information content (AvgIpc) is 3.26. The number of hydrogen-bond acceptors (Lipinski definition) is 6. The van der Waals surface area contributed by atoms with Gasteiger partial charge in [-0.1, -0.05) is 12.1 Å². The number of aliphatic hydroxyl groups is 1. The molecule has 8 nitrogen and oxygen atoms in total. The number of fused-ring (bicyclic) bond motifs is 2. The van der Waals surface area contributed by atoms with E-state index < -0.39 is 12.0 Å². The smallest absolute Gasteiger partial charge is 0.325 e. The van der Waals surface area contributed by atoms with Crippen LogP contribution in [0.15, 0.2) is 30.5 Å². The Morgan fingerprint density at radius 1 is 1.18 bits per heavy atom. The number of nitrogens with one attached hydrogen (secondary N) is 1. The summed E-state index contributed by atoms with van der Waals surface area (Å²) >= 11 is 0. The van der Waals surface area contributed by atoms with Crippen molar-refractivity contribution >= 4 is 22.7 Å². The summed E-state index contributed by atoms with van der Waals surface area (Å²) in [6, 6.07) is 9.08. The second-order valence-electron chi connectivity index (χ2n) is 8.83. The van der Waals surface area contributed by atoms with Gasteiger partial charge in [0.15, 0.2) is 0 Å². The van der Waals surface area contributed by atoms with Crippen LogP contribution in [0.1, 0.15) is 46.8 Å². The van der Waals surface area contributed by atoms with Crippen molar-refractivity contribution in [2.45, 2.75) is 38.3 Å². The molecule has 33 heavy (non-hydrogen) atoms. The van der Waals surface area contributed by atoms with Gasteiger partial charge < -0.3 is 20.1 Å². The highest BCUT2D eigenvalue weighted by Gasteiger charge is 2.33. The highest BCUT2D eigenvalue weighted by atomic mass is 16.4. The second-order valence-corrected chi connectivity index (χ2v) is 8.83. The number of aliphatic hydroxyl groups excluding tert-OH is 1. The van der Waals surface area contributed by atoms with E-state index in [-0.39, 0.29) is 6.61 Å². The Morgan fingerprint density at radius 3 is 2.70 bits per heavy atom. The predicted octanol–water partition coefficient (Wildman–Crippen LogP) is 2.75. The Hall–Kier alpha value is -3.41. The van der Waals surface area contributed by atoms with Gasteiger partial charge in [-0.25, -0.2) is 4.98 Å². The summed E-state index contributed by atoms with van der Waals surface area (Å²) in [5.74, 6) is -0.159. The van der Waals surface area contributed by atoms with E-state index in [1.54, 1.807) is 6.20 Å². The van der Waals surface area contributed by atoms with Crippen LogP contribution in [0.2, 0.25) is 0 Å². The molecule has 1 aliphatic carbocycles. The first kappa shape index (κ1) is 21.4. The molecule has 2 aliphatic rings. The van der Waals surface area contributed by atoms with Crippen molar-refractivity contribution in [3.05, 3.63) is 58.4 Å². The van der Waals surface area contributed by atoms with Gasteiger partial charge in [-0.2, -0.15) is 5.26 Å². The summed E-state index contributed by atoms with van der Waals surface area (Å²) in [6.07, 6.45) is 5.96. The Bertz CT molecular complexity index is 1240. The summed E-state index contributed by atoms with van der Waals surface area (Å²) in [5, 5.41) is 30.0. The molecule has 0 amide bonds. The maximum absolute atomic E-state index is 12.3. The number of aromatic amines is 1. The van der Waals surface area contributed by atoms with Crippen LogP contribution in [0, 0.1) is 11.3 Å². The third kappa shape index (κ3) is 3.94. The van der Waals surface area contributed by atoms with Crippen molar-refractivity contribution in [3.8, 4) is 6.07 Å². The molecular weight excluding hydrogens is 418 g/mol. The highest BCUT2D eigenvalue weighted by Crippen LogP contribution is 2.32. The van der Waals surface area contributed by atoms with Gasteiger partial charge in [0.1, 0.15) is 17.9 Å². The van der Waals surface area contributed by atoms with Crippen molar-refractivity contribution < 1.29 is 15.0 Å². The molecule has 2 aromatic heterocycles. The molecule has 1 aliphatic heterocycles. The molecule has 3 heterocycles. The number of rotatable bonds is 5. The maximum atomic E-state index is 12.3. The zero-order chi connectivity index (χ0) is 22.9. The van der Waals surface area contributed by atoms with E-state index in [2.05, 4.69) is 16.0 Å². The van der Waals surface area contributed by atoms with Gasteiger partial charge in [0, 0.05) is 54.5 Å². The third-order valence-electron chi connectivity index (χ3n) is 6.87.